The van der Waals surface area contributed by atoms with Gasteiger partial charge in [0.2, 0.25) is 5.91 Å². The molecule has 1 amide bonds. The van der Waals surface area contributed by atoms with Gasteiger partial charge in [0.05, 0.1) is 10.6 Å². The van der Waals surface area contributed by atoms with Crippen LogP contribution in [0.1, 0.15) is 32.8 Å². The fourth-order valence-electron chi connectivity index (χ4n) is 3.90. The predicted octanol–water partition coefficient (Wildman–Crippen LogP) is 4.75. The van der Waals surface area contributed by atoms with Crippen LogP contribution in [0.15, 0.2) is 95.9 Å². The molecule has 0 fully saturated rings. The second kappa shape index (κ2) is 10.0. The first-order valence-electron chi connectivity index (χ1n) is 10.7. The van der Waals surface area contributed by atoms with Gasteiger partial charge in [-0.1, -0.05) is 80.6 Å². The van der Waals surface area contributed by atoms with Gasteiger partial charge in [0.15, 0.2) is 0 Å². The first kappa shape index (κ1) is 23.5. The van der Waals surface area contributed by atoms with E-state index in [0.717, 1.165) is 10.7 Å². The van der Waals surface area contributed by atoms with E-state index in [1.165, 1.54) is 17.7 Å². The Morgan fingerprint density at radius 2 is 1.38 bits per heavy atom. The summed E-state index contributed by atoms with van der Waals surface area (Å²) in [4.78, 5) is 13.1. The Labute approximate surface area is 191 Å². The number of anilines is 1. The number of carbonyl (C=O) groups is 1. The van der Waals surface area contributed by atoms with E-state index < -0.39 is 10.0 Å². The first-order chi connectivity index (χ1) is 15.2. The van der Waals surface area contributed by atoms with Gasteiger partial charge in [-0.15, -0.1) is 0 Å². The molecule has 0 aromatic heterocycles. The summed E-state index contributed by atoms with van der Waals surface area (Å²) in [5.74, 6) is -0.343. The maximum absolute atomic E-state index is 13.3. The molecule has 0 aliphatic carbocycles. The molecule has 0 aliphatic heterocycles. The Kier molecular flexibility index (Phi) is 7.36. The molecule has 168 valence electrons. The summed E-state index contributed by atoms with van der Waals surface area (Å²) in [5.41, 5.74) is 1.51. The molecule has 0 heterocycles. The van der Waals surface area contributed by atoms with Crippen LogP contribution in [0.3, 0.4) is 0 Å². The number of hydrogen-bond acceptors (Lipinski definition) is 3. The Hall–Kier alpha value is -3.12. The zero-order valence-corrected chi connectivity index (χ0v) is 19.5. The van der Waals surface area contributed by atoms with Gasteiger partial charge < -0.3 is 5.32 Å². The molecule has 1 unspecified atom stereocenters. The minimum atomic E-state index is -3.89. The standard InChI is InChI=1S/C26H30N2O3S/c1-21(19-26(2,3)22-13-7-4-8-14-22)27-25(29)20-28(23-15-9-5-10-16-23)32(30,31)24-17-11-6-12-18-24/h4-18,21H,19-20H2,1-3H3,(H,27,29). The molecule has 3 aromatic rings. The van der Waals surface area contributed by atoms with Crippen molar-refractivity contribution in [2.75, 3.05) is 10.8 Å². The highest BCUT2D eigenvalue weighted by Crippen LogP contribution is 2.28. The molecule has 3 aromatic carbocycles. The van der Waals surface area contributed by atoms with E-state index in [1.54, 1.807) is 42.5 Å². The number of nitrogens with one attached hydrogen (secondary N) is 1. The van der Waals surface area contributed by atoms with E-state index in [-0.39, 0.29) is 28.8 Å². The molecule has 1 N–H and O–H groups in total. The summed E-state index contributed by atoms with van der Waals surface area (Å²) in [6.07, 6.45) is 0.722. The van der Waals surface area contributed by atoms with Crippen molar-refractivity contribution in [1.82, 2.24) is 5.32 Å². The number of sulfonamides is 1. The highest BCUT2D eigenvalue weighted by Gasteiger charge is 2.28. The normalized spacial score (nSPS) is 12.7. The average molecular weight is 451 g/mol. The largest absolute Gasteiger partial charge is 0.352 e. The van der Waals surface area contributed by atoms with Gasteiger partial charge in [-0.05, 0) is 48.6 Å². The monoisotopic (exact) mass is 450 g/mol. The summed E-state index contributed by atoms with van der Waals surface area (Å²) < 4.78 is 27.8. The summed E-state index contributed by atoms with van der Waals surface area (Å²) in [7, 11) is -3.89. The van der Waals surface area contributed by atoms with Crippen molar-refractivity contribution in [3.63, 3.8) is 0 Å². The van der Waals surface area contributed by atoms with E-state index in [4.69, 9.17) is 0 Å². The fraction of sp³-hybridized carbons (Fsp3) is 0.269. The van der Waals surface area contributed by atoms with Gasteiger partial charge in [-0.3, -0.25) is 9.10 Å². The third kappa shape index (κ3) is 5.77. The molecule has 0 spiro atoms. The number of rotatable bonds is 9. The van der Waals surface area contributed by atoms with E-state index in [1.807, 2.05) is 31.2 Å². The SMILES string of the molecule is CC(CC(C)(C)c1ccccc1)NC(=O)CN(c1ccccc1)S(=O)(=O)c1ccccc1. The molecular formula is C26H30N2O3S. The van der Waals surface area contributed by atoms with Crippen molar-refractivity contribution in [1.29, 1.82) is 0 Å². The quantitative estimate of drug-likeness (QED) is 0.511. The lowest BCUT2D eigenvalue weighted by Gasteiger charge is -2.30. The van der Waals surface area contributed by atoms with Gasteiger partial charge >= 0.3 is 0 Å². The Bertz CT molecular complexity index is 1120. The molecule has 6 heteroatoms. The van der Waals surface area contributed by atoms with Crippen LogP contribution in [0.5, 0.6) is 0 Å². The van der Waals surface area contributed by atoms with Gasteiger partial charge in [-0.25, -0.2) is 8.42 Å². The van der Waals surface area contributed by atoms with Gasteiger partial charge in [-0.2, -0.15) is 0 Å². The Balaban J connectivity index is 1.76. The fourth-order valence-corrected chi connectivity index (χ4v) is 5.35. The second-order valence-corrected chi connectivity index (χ2v) is 10.4. The van der Waals surface area contributed by atoms with E-state index >= 15 is 0 Å². The number of nitrogens with zero attached hydrogens (tertiary/aromatic N) is 1. The number of hydrogen-bond donors (Lipinski definition) is 1. The summed E-state index contributed by atoms with van der Waals surface area (Å²) >= 11 is 0. The van der Waals surface area contributed by atoms with E-state index in [9.17, 15) is 13.2 Å². The van der Waals surface area contributed by atoms with Crippen LogP contribution in [0, 0.1) is 0 Å². The second-order valence-electron chi connectivity index (χ2n) is 8.58. The van der Waals surface area contributed by atoms with Crippen molar-refractivity contribution in [3.05, 3.63) is 96.6 Å². The van der Waals surface area contributed by atoms with Crippen LogP contribution < -0.4 is 9.62 Å². The zero-order valence-electron chi connectivity index (χ0n) is 18.7. The lowest BCUT2D eigenvalue weighted by atomic mass is 9.79. The third-order valence-corrected chi connectivity index (χ3v) is 7.23. The summed E-state index contributed by atoms with van der Waals surface area (Å²) in [5, 5.41) is 2.98. The number of amides is 1. The topological polar surface area (TPSA) is 66.5 Å². The lowest BCUT2D eigenvalue weighted by molar-refractivity contribution is -0.120. The zero-order chi connectivity index (χ0) is 23.2. The van der Waals surface area contributed by atoms with Crippen LogP contribution in [-0.4, -0.2) is 26.9 Å². The molecule has 5 nitrogen and oxygen atoms in total. The van der Waals surface area contributed by atoms with Gasteiger partial charge in [0, 0.05) is 6.04 Å². The predicted molar refractivity (Wildman–Crippen MR) is 129 cm³/mol. The Morgan fingerprint density at radius 3 is 1.94 bits per heavy atom. The molecule has 0 saturated carbocycles. The van der Waals surface area contributed by atoms with Gasteiger partial charge in [0.25, 0.3) is 10.0 Å². The minimum absolute atomic E-state index is 0.130. The maximum Gasteiger partial charge on any atom is 0.264 e. The van der Waals surface area contributed by atoms with Crippen molar-refractivity contribution in [3.8, 4) is 0 Å². The molecule has 3 rings (SSSR count). The van der Waals surface area contributed by atoms with Gasteiger partial charge in [0.1, 0.15) is 6.54 Å². The third-order valence-electron chi connectivity index (χ3n) is 5.44. The van der Waals surface area contributed by atoms with E-state index in [0.29, 0.717) is 5.69 Å². The van der Waals surface area contributed by atoms with Crippen molar-refractivity contribution >= 4 is 21.6 Å². The first-order valence-corrected chi connectivity index (χ1v) is 12.1. The van der Waals surface area contributed by atoms with Crippen LogP contribution in [-0.2, 0) is 20.2 Å². The molecular weight excluding hydrogens is 420 g/mol. The average Bonchev–Trinajstić information content (AvgIpc) is 2.78. The smallest absolute Gasteiger partial charge is 0.264 e. The van der Waals surface area contributed by atoms with Crippen molar-refractivity contribution in [2.24, 2.45) is 0 Å². The van der Waals surface area contributed by atoms with Crippen molar-refractivity contribution < 1.29 is 13.2 Å². The summed E-state index contributed by atoms with van der Waals surface area (Å²) in [6.45, 7) is 5.93. The van der Waals surface area contributed by atoms with E-state index in [2.05, 4.69) is 31.3 Å². The summed E-state index contributed by atoms with van der Waals surface area (Å²) in [6, 6.07) is 26.9. The highest BCUT2D eigenvalue weighted by molar-refractivity contribution is 7.92. The molecule has 1 atom stereocenters. The maximum atomic E-state index is 13.3. The van der Waals surface area contributed by atoms with Crippen LogP contribution in [0.4, 0.5) is 5.69 Å². The molecule has 0 radical (unpaired) electrons. The molecule has 0 saturated heterocycles. The number of benzene rings is 3. The lowest BCUT2D eigenvalue weighted by Crippen LogP contribution is -2.45. The highest BCUT2D eigenvalue weighted by atomic mass is 32.2. The van der Waals surface area contributed by atoms with Crippen LogP contribution >= 0.6 is 0 Å². The molecule has 32 heavy (non-hydrogen) atoms. The van der Waals surface area contributed by atoms with Crippen LogP contribution in [0.25, 0.3) is 0 Å². The number of para-hydroxylation sites is 1. The Morgan fingerprint density at radius 1 is 0.875 bits per heavy atom. The molecule has 0 aliphatic rings. The molecule has 0 bridgehead atoms. The van der Waals surface area contributed by atoms with Crippen LogP contribution in [0.2, 0.25) is 0 Å². The minimum Gasteiger partial charge on any atom is -0.352 e. The van der Waals surface area contributed by atoms with Crippen molar-refractivity contribution in [2.45, 2.75) is 43.5 Å². The number of carbonyl (C=O) groups excluding carboxylic acids is 1.